The number of ether oxygens (including phenoxy) is 1. The number of hydrogen-bond donors (Lipinski definition) is 1. The van der Waals surface area contributed by atoms with Gasteiger partial charge in [-0.25, -0.2) is 0 Å². The monoisotopic (exact) mass is 303 g/mol. The normalized spacial score (nSPS) is 12.0. The highest BCUT2D eigenvalue weighted by atomic mass is 16.5. The number of fused-ring (bicyclic) bond motifs is 3. The fraction of sp³-hybridized carbons (Fsp3) is 0.0526. The van der Waals surface area contributed by atoms with Gasteiger partial charge in [-0.2, -0.15) is 0 Å². The Morgan fingerprint density at radius 1 is 0.870 bits per heavy atom. The van der Waals surface area contributed by atoms with Crippen molar-refractivity contribution in [2.45, 2.75) is 0 Å². The van der Waals surface area contributed by atoms with Gasteiger partial charge in [-0.05, 0) is 17.7 Å². The van der Waals surface area contributed by atoms with E-state index in [-0.39, 0.29) is 11.3 Å². The van der Waals surface area contributed by atoms with Gasteiger partial charge >= 0.3 is 0 Å². The average Bonchev–Trinajstić information content (AvgIpc) is 2.87. The van der Waals surface area contributed by atoms with Crippen molar-refractivity contribution in [3.8, 4) is 28.1 Å². The van der Waals surface area contributed by atoms with Crippen LogP contribution in [0.1, 0.15) is 15.9 Å². The molecule has 0 bridgehead atoms. The van der Waals surface area contributed by atoms with Crippen LogP contribution in [0, 0.1) is 0 Å². The Kier molecular flexibility index (Phi) is 2.91. The molecule has 1 N–H and O–H groups in total. The highest BCUT2D eigenvalue weighted by Gasteiger charge is 2.30. The van der Waals surface area contributed by atoms with Gasteiger partial charge in [0.25, 0.3) is 0 Å². The summed E-state index contributed by atoms with van der Waals surface area (Å²) in [6.45, 7) is 0. The van der Waals surface area contributed by atoms with Crippen LogP contribution in [0.3, 0.4) is 0 Å². The lowest BCUT2D eigenvalue weighted by Crippen LogP contribution is -2.09. The highest BCUT2D eigenvalue weighted by Crippen LogP contribution is 2.39. The minimum Gasteiger partial charge on any atom is -0.497 e. The first-order chi connectivity index (χ1) is 11.2. The molecule has 1 aromatic heterocycles. The Bertz CT molecular complexity index is 984. The minimum atomic E-state index is -0.223. The van der Waals surface area contributed by atoms with E-state index in [4.69, 9.17) is 4.74 Å². The summed E-state index contributed by atoms with van der Waals surface area (Å²) >= 11 is 0. The van der Waals surface area contributed by atoms with Crippen LogP contribution in [-0.2, 0) is 0 Å². The quantitative estimate of drug-likeness (QED) is 0.618. The molecule has 0 fully saturated rings. The van der Waals surface area contributed by atoms with Crippen LogP contribution in [0.15, 0.2) is 59.4 Å². The zero-order valence-electron chi connectivity index (χ0n) is 12.4. The van der Waals surface area contributed by atoms with Crippen molar-refractivity contribution < 1.29 is 9.53 Å². The van der Waals surface area contributed by atoms with Gasteiger partial charge in [-0.3, -0.25) is 9.59 Å². The number of benzene rings is 2. The Morgan fingerprint density at radius 2 is 1.57 bits per heavy atom. The van der Waals surface area contributed by atoms with E-state index in [1.807, 2.05) is 42.5 Å². The van der Waals surface area contributed by atoms with Crippen LogP contribution in [-0.4, -0.2) is 17.9 Å². The summed E-state index contributed by atoms with van der Waals surface area (Å²) in [7, 11) is 1.60. The number of aromatic amines is 1. The number of carbonyl (C=O) groups is 1. The molecule has 0 radical (unpaired) electrons. The standard InChI is InChI=1S/C19H13NO3/c1-23-12-8-6-11(7-9-12)15-10-16(21)20-18-13-4-2-3-5-14(13)19(22)17(15)18/h2-10H,1H3,(H,20,21). The van der Waals surface area contributed by atoms with Gasteiger partial charge in [0.15, 0.2) is 5.78 Å². The molecule has 0 amide bonds. The lowest BCUT2D eigenvalue weighted by Gasteiger charge is -2.08. The Labute approximate surface area is 132 Å². The number of carbonyl (C=O) groups excluding carboxylic acids is 1. The van der Waals surface area contributed by atoms with Gasteiger partial charge in [0.2, 0.25) is 5.56 Å². The van der Waals surface area contributed by atoms with Crippen LogP contribution in [0.5, 0.6) is 5.75 Å². The molecule has 0 atom stereocenters. The molecule has 0 saturated heterocycles. The summed E-state index contributed by atoms with van der Waals surface area (Å²) in [6.07, 6.45) is 0. The number of pyridine rings is 1. The van der Waals surface area contributed by atoms with Crippen LogP contribution >= 0.6 is 0 Å². The lowest BCUT2D eigenvalue weighted by atomic mass is 9.98. The molecule has 112 valence electrons. The minimum absolute atomic E-state index is 0.0577. The maximum absolute atomic E-state index is 12.8. The van der Waals surface area contributed by atoms with Crippen LogP contribution < -0.4 is 10.3 Å². The van der Waals surface area contributed by atoms with Gasteiger partial charge in [0.1, 0.15) is 5.75 Å². The number of hydrogen-bond acceptors (Lipinski definition) is 3. The molecule has 23 heavy (non-hydrogen) atoms. The molecular weight excluding hydrogens is 290 g/mol. The van der Waals surface area contributed by atoms with E-state index in [1.165, 1.54) is 6.07 Å². The number of nitrogens with one attached hydrogen (secondary N) is 1. The molecule has 1 heterocycles. The molecule has 4 nitrogen and oxygen atoms in total. The molecule has 2 aromatic carbocycles. The fourth-order valence-corrected chi connectivity index (χ4v) is 3.03. The molecular formula is C19H13NO3. The van der Waals surface area contributed by atoms with Crippen LogP contribution in [0.25, 0.3) is 22.4 Å². The Hall–Kier alpha value is -3.14. The first-order valence-corrected chi connectivity index (χ1v) is 7.25. The number of aromatic nitrogens is 1. The average molecular weight is 303 g/mol. The van der Waals surface area contributed by atoms with E-state index in [0.717, 1.165) is 16.9 Å². The molecule has 0 aliphatic heterocycles. The van der Waals surface area contributed by atoms with E-state index >= 15 is 0 Å². The largest absolute Gasteiger partial charge is 0.497 e. The van der Waals surface area contributed by atoms with E-state index in [2.05, 4.69) is 4.98 Å². The number of ketones is 1. The summed E-state index contributed by atoms with van der Waals surface area (Å²) in [5.74, 6) is 0.669. The SMILES string of the molecule is COc1ccc(-c2cc(=O)[nH]c3c2C(=O)c2ccccc2-3)cc1. The third-order valence-corrected chi connectivity index (χ3v) is 4.11. The first kappa shape index (κ1) is 13.5. The molecule has 1 aliphatic rings. The summed E-state index contributed by atoms with van der Waals surface area (Å²) < 4.78 is 5.16. The Morgan fingerprint density at radius 3 is 2.26 bits per heavy atom. The summed E-state index contributed by atoms with van der Waals surface area (Å²) in [6, 6.07) is 16.1. The smallest absolute Gasteiger partial charge is 0.249 e. The second-order valence-corrected chi connectivity index (χ2v) is 5.40. The van der Waals surface area contributed by atoms with E-state index < -0.39 is 0 Å². The van der Waals surface area contributed by atoms with Gasteiger partial charge in [-0.15, -0.1) is 0 Å². The zero-order valence-corrected chi connectivity index (χ0v) is 12.4. The van der Waals surface area contributed by atoms with Crippen molar-refractivity contribution in [2.24, 2.45) is 0 Å². The second-order valence-electron chi connectivity index (χ2n) is 5.40. The maximum Gasteiger partial charge on any atom is 0.249 e. The van der Waals surface area contributed by atoms with Gasteiger partial charge in [0, 0.05) is 22.8 Å². The first-order valence-electron chi connectivity index (χ1n) is 7.25. The highest BCUT2D eigenvalue weighted by molar-refractivity contribution is 6.23. The summed E-state index contributed by atoms with van der Waals surface area (Å²) in [5, 5.41) is 0. The number of methoxy groups -OCH3 is 1. The fourth-order valence-electron chi connectivity index (χ4n) is 3.03. The molecule has 3 aromatic rings. The maximum atomic E-state index is 12.8. The number of rotatable bonds is 2. The van der Waals surface area contributed by atoms with Crippen molar-refractivity contribution in [2.75, 3.05) is 7.11 Å². The lowest BCUT2D eigenvalue weighted by molar-refractivity contribution is 0.104. The summed E-state index contributed by atoms with van der Waals surface area (Å²) in [4.78, 5) is 27.6. The van der Waals surface area contributed by atoms with E-state index in [1.54, 1.807) is 13.2 Å². The zero-order chi connectivity index (χ0) is 16.0. The topological polar surface area (TPSA) is 59.2 Å². The molecule has 0 saturated carbocycles. The predicted molar refractivity (Wildman–Crippen MR) is 87.9 cm³/mol. The number of H-pyrrole nitrogens is 1. The van der Waals surface area contributed by atoms with Crippen molar-refractivity contribution >= 4 is 5.78 Å². The van der Waals surface area contributed by atoms with E-state index in [0.29, 0.717) is 22.4 Å². The Balaban J connectivity index is 1.99. The third kappa shape index (κ3) is 1.99. The predicted octanol–water partition coefficient (Wildman–Crippen LogP) is 3.26. The van der Waals surface area contributed by atoms with Crippen molar-refractivity contribution in [1.82, 2.24) is 4.98 Å². The van der Waals surface area contributed by atoms with Crippen LogP contribution in [0.4, 0.5) is 0 Å². The molecule has 1 aliphatic carbocycles. The second kappa shape index (κ2) is 4.95. The molecule has 0 unspecified atom stereocenters. The van der Waals surface area contributed by atoms with Crippen molar-refractivity contribution in [3.05, 3.63) is 76.1 Å². The molecule has 4 rings (SSSR count). The van der Waals surface area contributed by atoms with Crippen LogP contribution in [0.2, 0.25) is 0 Å². The third-order valence-electron chi connectivity index (χ3n) is 4.11. The summed E-state index contributed by atoms with van der Waals surface area (Å²) in [5.41, 5.74) is 3.79. The van der Waals surface area contributed by atoms with Gasteiger partial charge in [-0.1, -0.05) is 36.4 Å². The van der Waals surface area contributed by atoms with Gasteiger partial charge < -0.3 is 9.72 Å². The van der Waals surface area contributed by atoms with Crippen molar-refractivity contribution in [3.63, 3.8) is 0 Å². The van der Waals surface area contributed by atoms with Gasteiger partial charge in [0.05, 0.1) is 18.4 Å². The molecule has 4 heteroatoms. The molecule has 0 spiro atoms. The van der Waals surface area contributed by atoms with Crippen molar-refractivity contribution in [1.29, 1.82) is 0 Å². The van der Waals surface area contributed by atoms with E-state index in [9.17, 15) is 9.59 Å².